The number of anilines is 1. The molecule has 0 aliphatic rings. The summed E-state index contributed by atoms with van der Waals surface area (Å²) in [5, 5.41) is 3.85. The van der Waals surface area contributed by atoms with Crippen LogP contribution in [0, 0.1) is 6.92 Å². The molecule has 0 aliphatic heterocycles. The van der Waals surface area contributed by atoms with E-state index in [1.165, 1.54) is 0 Å². The molecule has 0 aromatic carbocycles. The number of aromatic nitrogens is 4. The Morgan fingerprint density at radius 1 is 1.11 bits per heavy atom. The van der Waals surface area contributed by atoms with Gasteiger partial charge in [0.15, 0.2) is 0 Å². The number of halogens is 1. The Labute approximate surface area is 164 Å². The molecular weight excluding hydrogens is 406 g/mol. The summed E-state index contributed by atoms with van der Waals surface area (Å²) in [6, 6.07) is 11.6. The fraction of sp³-hybridized carbons (Fsp3) is 0.100. The van der Waals surface area contributed by atoms with Crippen LogP contribution in [0.4, 0.5) is 5.69 Å². The van der Waals surface area contributed by atoms with Gasteiger partial charge in [0.2, 0.25) is 5.91 Å². The van der Waals surface area contributed by atoms with Crippen molar-refractivity contribution in [1.29, 1.82) is 0 Å². The number of hydrogen-bond acceptors (Lipinski definition) is 4. The largest absolute Gasteiger partial charge is 0.323 e. The molecule has 4 aromatic heterocycles. The summed E-state index contributed by atoms with van der Waals surface area (Å²) in [5.74, 6) is -0.136. The Bertz CT molecular complexity index is 1120. The van der Waals surface area contributed by atoms with Crippen LogP contribution in [0.25, 0.3) is 22.2 Å². The lowest BCUT2D eigenvalue weighted by molar-refractivity contribution is -0.116. The Morgan fingerprint density at radius 2 is 1.96 bits per heavy atom. The monoisotopic (exact) mass is 421 g/mol. The number of fused-ring (bicyclic) bond motifs is 1. The van der Waals surface area contributed by atoms with Crippen LogP contribution in [0.2, 0.25) is 0 Å². The first-order valence-electron chi connectivity index (χ1n) is 8.38. The van der Waals surface area contributed by atoms with Crippen LogP contribution >= 0.6 is 15.9 Å². The van der Waals surface area contributed by atoms with E-state index in [9.17, 15) is 4.79 Å². The standard InChI is InChI=1S/C20H16BrN5O/c1-13-10-14(4-7-22-13)16-5-8-23-20-17(16)6-9-26(20)12-19(27)25-15-2-3-18(21)24-11-15/h2-11H,12H2,1H3,(H,25,27). The number of hydrogen-bond donors (Lipinski definition) is 1. The number of carbonyl (C=O) groups excluding carboxylic acids is 1. The maximum Gasteiger partial charge on any atom is 0.244 e. The number of nitrogens with one attached hydrogen (secondary N) is 1. The van der Waals surface area contributed by atoms with Crippen molar-refractivity contribution in [3.05, 3.63) is 71.5 Å². The lowest BCUT2D eigenvalue weighted by Crippen LogP contribution is -2.18. The second-order valence-electron chi connectivity index (χ2n) is 6.14. The fourth-order valence-electron chi connectivity index (χ4n) is 2.99. The van der Waals surface area contributed by atoms with E-state index in [1.54, 1.807) is 30.7 Å². The molecule has 0 atom stereocenters. The molecule has 0 radical (unpaired) electrons. The van der Waals surface area contributed by atoms with Crippen molar-refractivity contribution in [3.8, 4) is 11.1 Å². The molecule has 0 unspecified atom stereocenters. The Morgan fingerprint density at radius 3 is 2.74 bits per heavy atom. The van der Waals surface area contributed by atoms with Crippen LogP contribution in [-0.4, -0.2) is 25.4 Å². The summed E-state index contributed by atoms with van der Waals surface area (Å²) in [7, 11) is 0. The van der Waals surface area contributed by atoms with Crippen molar-refractivity contribution >= 4 is 38.6 Å². The highest BCUT2D eigenvalue weighted by Crippen LogP contribution is 2.28. The van der Waals surface area contributed by atoms with E-state index in [1.807, 2.05) is 42.0 Å². The summed E-state index contributed by atoms with van der Waals surface area (Å²) in [5.41, 5.74) is 4.53. The van der Waals surface area contributed by atoms with Gasteiger partial charge in [-0.05, 0) is 70.4 Å². The van der Waals surface area contributed by atoms with Gasteiger partial charge in [0.1, 0.15) is 16.8 Å². The molecule has 27 heavy (non-hydrogen) atoms. The van der Waals surface area contributed by atoms with Gasteiger partial charge in [0, 0.05) is 29.7 Å². The maximum atomic E-state index is 12.4. The first-order valence-corrected chi connectivity index (χ1v) is 9.18. The predicted molar refractivity (Wildman–Crippen MR) is 108 cm³/mol. The minimum atomic E-state index is -0.136. The fourth-order valence-corrected chi connectivity index (χ4v) is 3.22. The number of carbonyl (C=O) groups is 1. The van der Waals surface area contributed by atoms with Crippen molar-refractivity contribution in [3.63, 3.8) is 0 Å². The molecule has 0 saturated carbocycles. The minimum absolute atomic E-state index is 0.136. The van der Waals surface area contributed by atoms with Crippen molar-refractivity contribution in [1.82, 2.24) is 19.5 Å². The summed E-state index contributed by atoms with van der Waals surface area (Å²) < 4.78 is 2.56. The van der Waals surface area contributed by atoms with Gasteiger partial charge in [-0.25, -0.2) is 9.97 Å². The second-order valence-corrected chi connectivity index (χ2v) is 6.96. The van der Waals surface area contributed by atoms with E-state index < -0.39 is 0 Å². The average molecular weight is 422 g/mol. The van der Waals surface area contributed by atoms with Crippen LogP contribution in [0.15, 0.2) is 65.8 Å². The summed E-state index contributed by atoms with van der Waals surface area (Å²) >= 11 is 3.28. The lowest BCUT2D eigenvalue weighted by atomic mass is 10.0. The number of aryl methyl sites for hydroxylation is 1. The van der Waals surface area contributed by atoms with Gasteiger partial charge in [-0.2, -0.15) is 0 Å². The van der Waals surface area contributed by atoms with Crippen molar-refractivity contribution < 1.29 is 4.79 Å². The summed E-state index contributed by atoms with van der Waals surface area (Å²) in [4.78, 5) is 25.2. The number of rotatable bonds is 4. The zero-order chi connectivity index (χ0) is 18.8. The third-order valence-corrected chi connectivity index (χ3v) is 4.66. The molecule has 0 fully saturated rings. The second kappa shape index (κ2) is 7.28. The van der Waals surface area contributed by atoms with E-state index >= 15 is 0 Å². The maximum absolute atomic E-state index is 12.4. The molecule has 4 heterocycles. The van der Waals surface area contributed by atoms with E-state index in [-0.39, 0.29) is 12.5 Å². The van der Waals surface area contributed by atoms with Gasteiger partial charge in [-0.1, -0.05) is 0 Å². The Kier molecular flexibility index (Phi) is 4.68. The summed E-state index contributed by atoms with van der Waals surface area (Å²) in [6.07, 6.45) is 7.06. The van der Waals surface area contributed by atoms with Crippen LogP contribution in [0.5, 0.6) is 0 Å². The van der Waals surface area contributed by atoms with Crippen molar-refractivity contribution in [2.45, 2.75) is 13.5 Å². The van der Waals surface area contributed by atoms with Crippen LogP contribution in [-0.2, 0) is 11.3 Å². The van der Waals surface area contributed by atoms with Gasteiger partial charge in [-0.3, -0.25) is 9.78 Å². The Hall–Kier alpha value is -3.06. The third-order valence-electron chi connectivity index (χ3n) is 4.20. The van der Waals surface area contributed by atoms with E-state index in [2.05, 4.69) is 36.2 Å². The smallest absolute Gasteiger partial charge is 0.244 e. The Balaban J connectivity index is 1.61. The highest BCUT2D eigenvalue weighted by Gasteiger charge is 2.11. The molecule has 1 amide bonds. The van der Waals surface area contributed by atoms with Gasteiger partial charge >= 0.3 is 0 Å². The third kappa shape index (κ3) is 3.73. The van der Waals surface area contributed by atoms with Gasteiger partial charge < -0.3 is 9.88 Å². The number of pyridine rings is 3. The van der Waals surface area contributed by atoms with E-state index in [0.29, 0.717) is 5.69 Å². The van der Waals surface area contributed by atoms with Crippen LogP contribution in [0.1, 0.15) is 5.69 Å². The SMILES string of the molecule is Cc1cc(-c2ccnc3c2ccn3CC(=O)Nc2ccc(Br)nc2)ccn1. The van der Waals surface area contributed by atoms with Crippen LogP contribution in [0.3, 0.4) is 0 Å². The first-order chi connectivity index (χ1) is 13.1. The van der Waals surface area contributed by atoms with Crippen LogP contribution < -0.4 is 5.32 Å². The van der Waals surface area contributed by atoms with Gasteiger partial charge in [0.05, 0.1) is 11.9 Å². The van der Waals surface area contributed by atoms with Gasteiger partial charge in [-0.15, -0.1) is 0 Å². The molecule has 0 aliphatic carbocycles. The number of nitrogens with zero attached hydrogens (tertiary/aromatic N) is 4. The highest BCUT2D eigenvalue weighted by atomic mass is 79.9. The molecule has 1 N–H and O–H groups in total. The van der Waals surface area contributed by atoms with Crippen molar-refractivity contribution in [2.24, 2.45) is 0 Å². The molecule has 0 saturated heterocycles. The quantitative estimate of drug-likeness (QED) is 0.501. The predicted octanol–water partition coefficient (Wildman–Crippen LogP) is 4.20. The topological polar surface area (TPSA) is 72.7 Å². The molecule has 0 spiro atoms. The molecule has 0 bridgehead atoms. The minimum Gasteiger partial charge on any atom is -0.323 e. The molecule has 6 nitrogen and oxygen atoms in total. The zero-order valence-corrected chi connectivity index (χ0v) is 16.1. The first kappa shape index (κ1) is 17.4. The van der Waals surface area contributed by atoms with E-state index in [0.717, 1.165) is 32.5 Å². The molecule has 4 rings (SSSR count). The zero-order valence-electron chi connectivity index (χ0n) is 14.6. The van der Waals surface area contributed by atoms with Crippen molar-refractivity contribution in [2.75, 3.05) is 5.32 Å². The molecule has 134 valence electrons. The molecule has 4 aromatic rings. The molecule has 7 heteroatoms. The van der Waals surface area contributed by atoms with Gasteiger partial charge in [0.25, 0.3) is 0 Å². The normalized spacial score (nSPS) is 10.9. The molecular formula is C20H16BrN5O. The highest BCUT2D eigenvalue weighted by molar-refractivity contribution is 9.10. The lowest BCUT2D eigenvalue weighted by Gasteiger charge is -2.08. The van der Waals surface area contributed by atoms with E-state index in [4.69, 9.17) is 0 Å². The summed E-state index contributed by atoms with van der Waals surface area (Å²) in [6.45, 7) is 2.14. The number of amides is 1. The average Bonchev–Trinajstić information content (AvgIpc) is 3.06.